The normalized spacial score (nSPS) is 17.5. The number of nitrogens with zero attached hydrogens (tertiary/aromatic N) is 2. The summed E-state index contributed by atoms with van der Waals surface area (Å²) in [6.45, 7) is 1.13. The quantitative estimate of drug-likeness (QED) is 0.141. The Kier molecular flexibility index (Phi) is 10.9. The van der Waals surface area contributed by atoms with Gasteiger partial charge >= 0.3 is 0 Å². The van der Waals surface area contributed by atoms with E-state index in [0.29, 0.717) is 48.4 Å². The van der Waals surface area contributed by atoms with Crippen LogP contribution >= 0.6 is 45.2 Å². The zero-order valence-corrected chi connectivity index (χ0v) is 30.4. The average Bonchev–Trinajstić information content (AvgIpc) is 3.80. The highest BCUT2D eigenvalue weighted by molar-refractivity contribution is 14.1. The zero-order chi connectivity index (χ0) is 33.6. The van der Waals surface area contributed by atoms with Gasteiger partial charge in [-0.05, 0) is 131 Å². The van der Waals surface area contributed by atoms with E-state index in [9.17, 15) is 19.2 Å². The maximum atomic E-state index is 13.2. The van der Waals surface area contributed by atoms with Gasteiger partial charge in [0.15, 0.2) is 0 Å². The maximum Gasteiger partial charge on any atom is 0.255 e. The maximum absolute atomic E-state index is 13.2. The Morgan fingerprint density at radius 2 is 0.938 bits per heavy atom. The molecule has 2 saturated heterocycles. The van der Waals surface area contributed by atoms with E-state index >= 15 is 0 Å². The summed E-state index contributed by atoms with van der Waals surface area (Å²) in [5.41, 5.74) is 4.51. The number of halogens is 2. The van der Waals surface area contributed by atoms with Gasteiger partial charge in [0.2, 0.25) is 11.8 Å². The summed E-state index contributed by atoms with van der Waals surface area (Å²) in [5, 5.41) is 5.96. The van der Waals surface area contributed by atoms with Crippen LogP contribution in [0.2, 0.25) is 0 Å². The topological polar surface area (TPSA) is 98.8 Å². The van der Waals surface area contributed by atoms with Crippen molar-refractivity contribution in [3.8, 4) is 0 Å². The largest absolute Gasteiger partial charge is 0.327 e. The van der Waals surface area contributed by atoms with Crippen molar-refractivity contribution >= 4 is 92.3 Å². The van der Waals surface area contributed by atoms with Crippen molar-refractivity contribution in [2.24, 2.45) is 0 Å². The molecule has 0 bridgehead atoms. The number of likely N-dealkylation sites (tertiary alicyclic amines) is 2. The molecule has 2 fully saturated rings. The lowest BCUT2D eigenvalue weighted by Crippen LogP contribution is -2.43. The predicted octanol–water partition coefficient (Wildman–Crippen LogP) is 7.55. The lowest BCUT2D eigenvalue weighted by atomic mass is 10.1. The van der Waals surface area contributed by atoms with Crippen molar-refractivity contribution in [2.45, 2.75) is 37.8 Å². The third-order valence-corrected chi connectivity index (χ3v) is 10.5. The fraction of sp³-hybridized carbons (Fsp3) is 0.211. The Hall–Kier alpha value is -4.04. The third kappa shape index (κ3) is 7.81. The zero-order valence-electron chi connectivity index (χ0n) is 26.1. The highest BCUT2D eigenvalue weighted by atomic mass is 127. The van der Waals surface area contributed by atoms with Gasteiger partial charge in [-0.2, -0.15) is 0 Å². The van der Waals surface area contributed by atoms with Crippen LogP contribution in [0.25, 0.3) is 12.2 Å². The third-order valence-electron chi connectivity index (χ3n) is 8.67. The van der Waals surface area contributed by atoms with Crippen molar-refractivity contribution in [3.63, 3.8) is 0 Å². The minimum absolute atomic E-state index is 0.112. The van der Waals surface area contributed by atoms with Gasteiger partial charge < -0.3 is 20.4 Å². The number of hydrogen-bond acceptors (Lipinski definition) is 4. The van der Waals surface area contributed by atoms with Crippen LogP contribution in [0.1, 0.15) is 57.5 Å². The van der Waals surface area contributed by atoms with Crippen LogP contribution in [0.3, 0.4) is 0 Å². The molecule has 6 rings (SSSR count). The molecular weight excluding hydrogens is 830 g/mol. The molecule has 2 aliphatic heterocycles. The van der Waals surface area contributed by atoms with Crippen LogP contribution in [0.5, 0.6) is 0 Å². The van der Waals surface area contributed by atoms with Gasteiger partial charge in [0, 0.05) is 31.6 Å². The molecule has 0 spiro atoms. The monoisotopic (exact) mass is 864 g/mol. The van der Waals surface area contributed by atoms with Gasteiger partial charge in [0.05, 0.1) is 11.1 Å². The lowest BCUT2D eigenvalue weighted by Gasteiger charge is -2.24. The van der Waals surface area contributed by atoms with Gasteiger partial charge in [0.25, 0.3) is 11.8 Å². The molecular formula is C38H34I2N4O4. The van der Waals surface area contributed by atoms with E-state index in [-0.39, 0.29) is 23.6 Å². The fourth-order valence-corrected chi connectivity index (χ4v) is 7.38. The van der Waals surface area contributed by atoms with Gasteiger partial charge in [0.1, 0.15) is 12.1 Å². The highest BCUT2D eigenvalue weighted by Crippen LogP contribution is 2.26. The van der Waals surface area contributed by atoms with Gasteiger partial charge in [-0.1, -0.05) is 60.7 Å². The number of hydrogen-bond donors (Lipinski definition) is 2. The van der Waals surface area contributed by atoms with Gasteiger partial charge in [-0.15, -0.1) is 0 Å². The summed E-state index contributed by atoms with van der Waals surface area (Å²) >= 11 is 4.31. The van der Waals surface area contributed by atoms with Gasteiger partial charge in [-0.25, -0.2) is 0 Å². The van der Waals surface area contributed by atoms with Crippen LogP contribution in [0.15, 0.2) is 97.1 Å². The van der Waals surface area contributed by atoms with E-state index in [1.165, 1.54) is 0 Å². The van der Waals surface area contributed by atoms with Crippen LogP contribution in [0.4, 0.5) is 11.4 Å². The average molecular weight is 865 g/mol. The van der Waals surface area contributed by atoms with Crippen molar-refractivity contribution in [3.05, 3.63) is 126 Å². The molecule has 2 N–H and O–H groups in total. The molecule has 0 radical (unpaired) electrons. The smallest absolute Gasteiger partial charge is 0.255 e. The summed E-state index contributed by atoms with van der Waals surface area (Å²) in [6.07, 6.45) is 6.81. The molecule has 2 aliphatic rings. The van der Waals surface area contributed by atoms with Crippen LogP contribution in [-0.4, -0.2) is 58.6 Å². The molecule has 4 aromatic carbocycles. The highest BCUT2D eigenvalue weighted by Gasteiger charge is 2.36. The summed E-state index contributed by atoms with van der Waals surface area (Å²) in [4.78, 5) is 56.0. The van der Waals surface area contributed by atoms with Gasteiger partial charge in [-0.3, -0.25) is 19.2 Å². The van der Waals surface area contributed by atoms with E-state index < -0.39 is 12.1 Å². The number of benzene rings is 4. The Bertz CT molecular complexity index is 1720. The number of anilines is 2. The molecule has 2 atom stereocenters. The van der Waals surface area contributed by atoms with Crippen molar-refractivity contribution in [2.75, 3.05) is 23.7 Å². The molecule has 0 aromatic heterocycles. The van der Waals surface area contributed by atoms with E-state index in [1.807, 2.05) is 97.1 Å². The second-order valence-electron chi connectivity index (χ2n) is 11.8. The molecule has 4 amide bonds. The number of carbonyl (C=O) groups is 4. The van der Waals surface area contributed by atoms with Crippen LogP contribution in [-0.2, 0) is 9.59 Å². The molecule has 244 valence electrons. The van der Waals surface area contributed by atoms with E-state index in [0.717, 1.165) is 31.1 Å². The molecule has 0 saturated carbocycles. The summed E-state index contributed by atoms with van der Waals surface area (Å²) in [6, 6.07) is 29.0. The molecule has 2 heterocycles. The first-order valence-electron chi connectivity index (χ1n) is 15.9. The number of carbonyl (C=O) groups excluding carboxylic acids is 4. The predicted molar refractivity (Wildman–Crippen MR) is 206 cm³/mol. The minimum atomic E-state index is -0.501. The van der Waals surface area contributed by atoms with Crippen molar-refractivity contribution in [1.29, 1.82) is 0 Å². The number of nitrogens with one attached hydrogen (secondary N) is 2. The summed E-state index contributed by atoms with van der Waals surface area (Å²) in [5.74, 6) is -0.584. The van der Waals surface area contributed by atoms with Crippen molar-refractivity contribution in [1.82, 2.24) is 9.80 Å². The van der Waals surface area contributed by atoms with E-state index in [4.69, 9.17) is 0 Å². The van der Waals surface area contributed by atoms with E-state index in [1.54, 1.807) is 21.9 Å². The summed E-state index contributed by atoms with van der Waals surface area (Å²) < 4.78 is 1.74. The first kappa shape index (κ1) is 33.8. The lowest BCUT2D eigenvalue weighted by molar-refractivity contribution is -0.120. The second kappa shape index (κ2) is 15.5. The molecule has 0 aliphatic carbocycles. The van der Waals surface area contributed by atoms with Crippen LogP contribution in [0, 0.1) is 7.14 Å². The Labute approximate surface area is 307 Å². The standard InChI is InChI=1S/C38H34I2N4O4/c39-31-9-3-1-7-29(31)37(47)43-23-5-11-33(43)35(45)41-27-19-15-25(16-20-27)13-14-26-17-21-28(22-18-26)42-36(46)34-12-6-24-44(34)38(48)30-8-2-4-10-32(30)40/h1-4,7-10,13-22,33-34H,5-6,11-12,23-24H2,(H,41,45)(H,42,46)/t33-,34-/m0/s1. The molecule has 0 unspecified atom stereocenters. The molecule has 10 heteroatoms. The first-order valence-corrected chi connectivity index (χ1v) is 18.0. The number of amides is 4. The fourth-order valence-electron chi connectivity index (χ4n) is 6.14. The Morgan fingerprint density at radius 3 is 1.31 bits per heavy atom. The summed E-state index contributed by atoms with van der Waals surface area (Å²) in [7, 11) is 0. The van der Waals surface area contributed by atoms with E-state index in [2.05, 4.69) is 55.8 Å². The van der Waals surface area contributed by atoms with Crippen LogP contribution < -0.4 is 10.6 Å². The Balaban J connectivity index is 1.02. The SMILES string of the molecule is O=C(Nc1ccc(C=Cc2ccc(NC(=O)[C@@H]3CCCN3C(=O)c3ccccc3I)cc2)cc1)[C@@H]1CCCN1C(=O)c1ccccc1I. The molecule has 48 heavy (non-hydrogen) atoms. The molecule has 8 nitrogen and oxygen atoms in total. The second-order valence-corrected chi connectivity index (χ2v) is 14.2. The van der Waals surface area contributed by atoms with Crippen molar-refractivity contribution < 1.29 is 19.2 Å². The number of rotatable bonds is 8. The Morgan fingerprint density at radius 1 is 0.562 bits per heavy atom. The first-order chi connectivity index (χ1) is 23.3. The minimum Gasteiger partial charge on any atom is -0.327 e. The molecule has 4 aromatic rings.